The summed E-state index contributed by atoms with van der Waals surface area (Å²) in [4.78, 5) is 4.80. The zero-order valence-electron chi connectivity index (χ0n) is 12.9. The molecule has 0 fully saturated rings. The van der Waals surface area contributed by atoms with Crippen molar-refractivity contribution in [2.45, 2.75) is 46.5 Å². The third-order valence-corrected chi connectivity index (χ3v) is 4.78. The number of para-hydroxylation sites is 1. The molecular weight excluding hydrogens is 264 g/mol. The molecule has 0 amide bonds. The number of thiazole rings is 1. The summed E-state index contributed by atoms with van der Waals surface area (Å²) >= 11 is 1.85. The fraction of sp³-hybridized carbons (Fsp3) is 0.588. The standard InChI is InChI=1S/C17H26N2S/c1-4-10-17(3,13-18-11-5-2)12-16-19-14-8-6-7-9-15(14)20-16/h6-9,18H,4-5,10-13H2,1-3H3. The van der Waals surface area contributed by atoms with Gasteiger partial charge in [-0.05, 0) is 36.9 Å². The maximum atomic E-state index is 4.80. The Hall–Kier alpha value is -0.930. The van der Waals surface area contributed by atoms with Gasteiger partial charge in [0.2, 0.25) is 0 Å². The molecule has 0 aliphatic rings. The number of fused-ring (bicyclic) bond motifs is 1. The molecule has 0 aliphatic carbocycles. The van der Waals surface area contributed by atoms with E-state index >= 15 is 0 Å². The van der Waals surface area contributed by atoms with Gasteiger partial charge in [-0.2, -0.15) is 0 Å². The lowest BCUT2D eigenvalue weighted by Gasteiger charge is -2.29. The molecule has 0 aliphatic heterocycles. The molecule has 3 heteroatoms. The van der Waals surface area contributed by atoms with E-state index in [1.54, 1.807) is 0 Å². The first-order chi connectivity index (χ1) is 9.67. The number of rotatable bonds is 8. The average Bonchev–Trinajstić information content (AvgIpc) is 2.80. The summed E-state index contributed by atoms with van der Waals surface area (Å²) in [6.07, 6.45) is 4.76. The van der Waals surface area contributed by atoms with E-state index in [0.717, 1.165) is 25.0 Å². The molecule has 20 heavy (non-hydrogen) atoms. The highest BCUT2D eigenvalue weighted by Crippen LogP contribution is 2.31. The second kappa shape index (κ2) is 7.19. The van der Waals surface area contributed by atoms with Gasteiger partial charge in [0.15, 0.2) is 0 Å². The van der Waals surface area contributed by atoms with Crippen LogP contribution in [0, 0.1) is 5.41 Å². The van der Waals surface area contributed by atoms with Gasteiger partial charge in [0, 0.05) is 13.0 Å². The minimum absolute atomic E-state index is 0.317. The first kappa shape index (κ1) is 15.5. The van der Waals surface area contributed by atoms with E-state index in [4.69, 9.17) is 4.98 Å². The number of hydrogen-bond acceptors (Lipinski definition) is 3. The van der Waals surface area contributed by atoms with Crippen molar-refractivity contribution < 1.29 is 0 Å². The Labute approximate surface area is 126 Å². The van der Waals surface area contributed by atoms with E-state index < -0.39 is 0 Å². The van der Waals surface area contributed by atoms with E-state index in [1.165, 1.54) is 29.0 Å². The molecule has 1 heterocycles. The topological polar surface area (TPSA) is 24.9 Å². The molecule has 2 rings (SSSR count). The van der Waals surface area contributed by atoms with Crippen LogP contribution in [-0.2, 0) is 6.42 Å². The summed E-state index contributed by atoms with van der Waals surface area (Å²) in [6.45, 7) is 9.09. The van der Waals surface area contributed by atoms with Crippen LogP contribution in [0.5, 0.6) is 0 Å². The lowest BCUT2D eigenvalue weighted by molar-refractivity contribution is 0.275. The van der Waals surface area contributed by atoms with Crippen molar-refractivity contribution in [3.63, 3.8) is 0 Å². The summed E-state index contributed by atoms with van der Waals surface area (Å²) in [7, 11) is 0. The van der Waals surface area contributed by atoms with Gasteiger partial charge in [0.1, 0.15) is 0 Å². The molecule has 1 N–H and O–H groups in total. The average molecular weight is 290 g/mol. The van der Waals surface area contributed by atoms with Crippen molar-refractivity contribution in [2.24, 2.45) is 5.41 Å². The lowest BCUT2D eigenvalue weighted by Crippen LogP contribution is -2.34. The fourth-order valence-corrected chi connectivity index (χ4v) is 3.95. The Bertz CT molecular complexity index is 502. The molecule has 1 atom stereocenters. The van der Waals surface area contributed by atoms with Crippen molar-refractivity contribution in [3.05, 3.63) is 29.3 Å². The van der Waals surface area contributed by atoms with Crippen molar-refractivity contribution in [3.8, 4) is 0 Å². The van der Waals surface area contributed by atoms with E-state index in [9.17, 15) is 0 Å². The van der Waals surface area contributed by atoms with Crippen LogP contribution in [0.25, 0.3) is 10.2 Å². The first-order valence-corrected chi connectivity index (χ1v) is 8.53. The molecule has 1 unspecified atom stereocenters. The second-order valence-electron chi connectivity index (χ2n) is 5.99. The molecule has 0 saturated heterocycles. The number of benzene rings is 1. The molecule has 1 aromatic heterocycles. The minimum atomic E-state index is 0.317. The number of nitrogens with one attached hydrogen (secondary N) is 1. The van der Waals surface area contributed by atoms with Gasteiger partial charge in [-0.15, -0.1) is 11.3 Å². The van der Waals surface area contributed by atoms with Gasteiger partial charge >= 0.3 is 0 Å². The van der Waals surface area contributed by atoms with Crippen LogP contribution in [0.2, 0.25) is 0 Å². The van der Waals surface area contributed by atoms with Crippen molar-refractivity contribution in [2.75, 3.05) is 13.1 Å². The predicted octanol–water partition coefficient (Wildman–Crippen LogP) is 4.64. The molecule has 0 spiro atoms. The Morgan fingerprint density at radius 2 is 2.00 bits per heavy atom. The Morgan fingerprint density at radius 3 is 2.70 bits per heavy atom. The van der Waals surface area contributed by atoms with Crippen molar-refractivity contribution in [1.82, 2.24) is 10.3 Å². The Balaban J connectivity index is 2.09. The summed E-state index contributed by atoms with van der Waals surface area (Å²) < 4.78 is 1.31. The minimum Gasteiger partial charge on any atom is -0.316 e. The van der Waals surface area contributed by atoms with E-state index in [-0.39, 0.29) is 0 Å². The highest BCUT2D eigenvalue weighted by Gasteiger charge is 2.25. The second-order valence-corrected chi connectivity index (χ2v) is 7.10. The van der Waals surface area contributed by atoms with Gasteiger partial charge in [-0.25, -0.2) is 4.98 Å². The monoisotopic (exact) mass is 290 g/mol. The maximum absolute atomic E-state index is 4.80. The molecule has 0 bridgehead atoms. The van der Waals surface area contributed by atoms with E-state index in [1.807, 2.05) is 11.3 Å². The van der Waals surface area contributed by atoms with Crippen molar-refractivity contribution in [1.29, 1.82) is 0 Å². The normalized spacial score (nSPS) is 14.6. The SMILES string of the molecule is CCCNCC(C)(CCC)Cc1nc2ccccc2s1. The number of aromatic nitrogens is 1. The smallest absolute Gasteiger partial charge is 0.0944 e. The predicted molar refractivity (Wildman–Crippen MR) is 89.5 cm³/mol. The van der Waals surface area contributed by atoms with Gasteiger partial charge < -0.3 is 5.32 Å². The molecule has 0 radical (unpaired) electrons. The van der Waals surface area contributed by atoms with Gasteiger partial charge in [0.25, 0.3) is 0 Å². The zero-order valence-corrected chi connectivity index (χ0v) is 13.7. The van der Waals surface area contributed by atoms with Crippen LogP contribution in [0.3, 0.4) is 0 Å². The zero-order chi connectivity index (χ0) is 14.4. The van der Waals surface area contributed by atoms with E-state index in [0.29, 0.717) is 5.41 Å². The van der Waals surface area contributed by atoms with Crippen LogP contribution in [0.4, 0.5) is 0 Å². The largest absolute Gasteiger partial charge is 0.316 e. The highest BCUT2D eigenvalue weighted by atomic mass is 32.1. The Kier molecular flexibility index (Phi) is 5.55. The maximum Gasteiger partial charge on any atom is 0.0944 e. The lowest BCUT2D eigenvalue weighted by atomic mass is 9.82. The molecule has 2 aromatic rings. The third-order valence-electron chi connectivity index (χ3n) is 3.75. The fourth-order valence-electron chi connectivity index (χ4n) is 2.77. The number of nitrogens with zero attached hydrogens (tertiary/aromatic N) is 1. The van der Waals surface area contributed by atoms with Crippen LogP contribution in [-0.4, -0.2) is 18.1 Å². The van der Waals surface area contributed by atoms with E-state index in [2.05, 4.69) is 50.4 Å². The summed E-state index contributed by atoms with van der Waals surface area (Å²) in [6, 6.07) is 8.45. The highest BCUT2D eigenvalue weighted by molar-refractivity contribution is 7.18. The molecule has 0 saturated carbocycles. The molecule has 1 aromatic carbocycles. The van der Waals surface area contributed by atoms with Crippen LogP contribution in [0.1, 0.15) is 45.0 Å². The Morgan fingerprint density at radius 1 is 1.20 bits per heavy atom. The van der Waals surface area contributed by atoms with Crippen LogP contribution in [0.15, 0.2) is 24.3 Å². The molecule has 110 valence electrons. The van der Waals surface area contributed by atoms with Gasteiger partial charge in [0.05, 0.1) is 15.2 Å². The van der Waals surface area contributed by atoms with Crippen molar-refractivity contribution >= 4 is 21.6 Å². The first-order valence-electron chi connectivity index (χ1n) is 7.72. The molecular formula is C17H26N2S. The number of hydrogen-bond donors (Lipinski definition) is 1. The van der Waals surface area contributed by atoms with Crippen LogP contribution >= 0.6 is 11.3 Å². The summed E-state index contributed by atoms with van der Waals surface area (Å²) in [5.74, 6) is 0. The quantitative estimate of drug-likeness (QED) is 0.716. The van der Waals surface area contributed by atoms with Crippen LogP contribution < -0.4 is 5.32 Å². The molecule has 2 nitrogen and oxygen atoms in total. The van der Waals surface area contributed by atoms with Gasteiger partial charge in [-0.1, -0.05) is 39.3 Å². The summed E-state index contributed by atoms with van der Waals surface area (Å²) in [5, 5.41) is 4.87. The van der Waals surface area contributed by atoms with Gasteiger partial charge in [-0.3, -0.25) is 0 Å². The third kappa shape index (κ3) is 4.03. The summed E-state index contributed by atoms with van der Waals surface area (Å²) in [5.41, 5.74) is 1.46.